The standard InChI is InChI=1S/C26H34N6O2S/c1-5-6-13-30(4)23(33)20-11-14-31(15-12-20)24(34)22-10-8-7-9-21(22)17-35-26-28-25-27-18(2)16-19(3)32(25)29-26/h7-10,16,20H,5-6,11-15,17H2,1-4H3. The number of fused-ring (bicyclic) bond motifs is 1. The quantitative estimate of drug-likeness (QED) is 0.438. The second kappa shape index (κ2) is 11.2. The zero-order chi connectivity index (χ0) is 24.9. The van der Waals surface area contributed by atoms with Crippen LogP contribution in [-0.2, 0) is 10.5 Å². The van der Waals surface area contributed by atoms with Gasteiger partial charge in [-0.25, -0.2) is 9.50 Å². The van der Waals surface area contributed by atoms with Gasteiger partial charge in [-0.3, -0.25) is 9.59 Å². The number of hydrogen-bond donors (Lipinski definition) is 0. The van der Waals surface area contributed by atoms with Crippen LogP contribution in [0.2, 0.25) is 0 Å². The number of unbranched alkanes of at least 4 members (excludes halogenated alkanes) is 1. The van der Waals surface area contributed by atoms with E-state index in [1.165, 1.54) is 11.8 Å². The number of hydrogen-bond acceptors (Lipinski definition) is 6. The van der Waals surface area contributed by atoms with Crippen molar-refractivity contribution in [2.75, 3.05) is 26.7 Å². The molecule has 2 aromatic heterocycles. The number of nitrogens with zero attached hydrogens (tertiary/aromatic N) is 6. The van der Waals surface area contributed by atoms with Gasteiger partial charge in [0, 0.05) is 55.3 Å². The Kier molecular flexibility index (Phi) is 8.05. The first-order chi connectivity index (χ1) is 16.9. The van der Waals surface area contributed by atoms with Crippen molar-refractivity contribution >= 4 is 29.4 Å². The lowest BCUT2D eigenvalue weighted by molar-refractivity contribution is -0.135. The minimum absolute atomic E-state index is 0.00790. The van der Waals surface area contributed by atoms with Gasteiger partial charge in [0.05, 0.1) is 0 Å². The van der Waals surface area contributed by atoms with Gasteiger partial charge >= 0.3 is 0 Å². The Balaban J connectivity index is 1.39. The Morgan fingerprint density at radius 1 is 1.14 bits per heavy atom. The first-order valence-corrected chi connectivity index (χ1v) is 13.3. The molecule has 0 aliphatic carbocycles. The van der Waals surface area contributed by atoms with E-state index in [1.807, 2.05) is 61.0 Å². The Labute approximate surface area is 211 Å². The van der Waals surface area contributed by atoms with Crippen LogP contribution in [0.25, 0.3) is 5.78 Å². The van der Waals surface area contributed by atoms with Crippen molar-refractivity contribution in [3.63, 3.8) is 0 Å². The summed E-state index contributed by atoms with van der Waals surface area (Å²) in [6.45, 7) is 8.08. The summed E-state index contributed by atoms with van der Waals surface area (Å²) in [5, 5.41) is 5.20. The molecule has 0 N–H and O–H groups in total. The van der Waals surface area contributed by atoms with Gasteiger partial charge in [0.15, 0.2) is 0 Å². The van der Waals surface area contributed by atoms with Crippen molar-refractivity contribution in [2.45, 2.75) is 57.4 Å². The molecule has 1 saturated heterocycles. The minimum Gasteiger partial charge on any atom is -0.346 e. The maximum atomic E-state index is 13.4. The number of aryl methyl sites for hydroxylation is 2. The first kappa shape index (κ1) is 25.2. The maximum Gasteiger partial charge on any atom is 0.254 e. The van der Waals surface area contributed by atoms with Crippen LogP contribution in [-0.4, -0.2) is 67.9 Å². The number of thioether (sulfide) groups is 1. The van der Waals surface area contributed by atoms with E-state index in [0.717, 1.165) is 49.2 Å². The molecule has 1 aromatic carbocycles. The van der Waals surface area contributed by atoms with Gasteiger partial charge in [-0.2, -0.15) is 4.98 Å². The number of carbonyl (C=O) groups excluding carboxylic acids is 2. The predicted octanol–water partition coefficient (Wildman–Crippen LogP) is 4.14. The lowest BCUT2D eigenvalue weighted by Gasteiger charge is -2.33. The zero-order valence-corrected chi connectivity index (χ0v) is 21.8. The highest BCUT2D eigenvalue weighted by Crippen LogP contribution is 2.26. The normalized spacial score (nSPS) is 14.5. The first-order valence-electron chi connectivity index (χ1n) is 12.3. The Morgan fingerprint density at radius 2 is 1.89 bits per heavy atom. The number of piperidine rings is 1. The van der Waals surface area contributed by atoms with Crippen molar-refractivity contribution < 1.29 is 9.59 Å². The van der Waals surface area contributed by atoms with Crippen molar-refractivity contribution in [1.29, 1.82) is 0 Å². The molecule has 0 atom stereocenters. The fourth-order valence-corrected chi connectivity index (χ4v) is 5.35. The molecule has 9 heteroatoms. The molecule has 3 heterocycles. The van der Waals surface area contributed by atoms with Gasteiger partial charge < -0.3 is 9.80 Å². The summed E-state index contributed by atoms with van der Waals surface area (Å²) in [5.41, 5.74) is 3.56. The number of benzene rings is 1. The third-order valence-electron chi connectivity index (χ3n) is 6.56. The highest BCUT2D eigenvalue weighted by Gasteiger charge is 2.30. The zero-order valence-electron chi connectivity index (χ0n) is 21.0. The van der Waals surface area contributed by atoms with Crippen LogP contribution in [0.1, 0.15) is 59.9 Å². The van der Waals surface area contributed by atoms with Crippen LogP contribution >= 0.6 is 11.8 Å². The van der Waals surface area contributed by atoms with Crippen molar-refractivity contribution in [2.24, 2.45) is 5.92 Å². The average molecular weight is 495 g/mol. The van der Waals surface area contributed by atoms with Crippen molar-refractivity contribution in [1.82, 2.24) is 29.4 Å². The molecular formula is C26H34N6O2S. The molecule has 4 rings (SSSR count). The monoisotopic (exact) mass is 494 g/mol. The molecular weight excluding hydrogens is 460 g/mol. The third-order valence-corrected chi connectivity index (χ3v) is 7.44. The van der Waals surface area contributed by atoms with Gasteiger partial charge in [0.25, 0.3) is 11.7 Å². The van der Waals surface area contributed by atoms with Gasteiger partial charge in [-0.15, -0.1) is 5.10 Å². The van der Waals surface area contributed by atoms with Crippen molar-refractivity contribution in [3.8, 4) is 0 Å². The van der Waals surface area contributed by atoms with E-state index in [0.29, 0.717) is 35.3 Å². The van der Waals surface area contributed by atoms with E-state index in [4.69, 9.17) is 0 Å². The molecule has 186 valence electrons. The summed E-state index contributed by atoms with van der Waals surface area (Å²) in [5.74, 6) is 1.43. The highest BCUT2D eigenvalue weighted by molar-refractivity contribution is 7.98. The fraction of sp³-hybridized carbons (Fsp3) is 0.500. The molecule has 1 aliphatic heterocycles. The molecule has 2 amide bonds. The Bertz CT molecular complexity index is 1200. The smallest absolute Gasteiger partial charge is 0.254 e. The summed E-state index contributed by atoms with van der Waals surface area (Å²) < 4.78 is 1.75. The van der Waals surface area contributed by atoms with E-state index in [1.54, 1.807) is 4.52 Å². The molecule has 0 bridgehead atoms. The number of aromatic nitrogens is 4. The molecule has 35 heavy (non-hydrogen) atoms. The van der Waals surface area contributed by atoms with Crippen LogP contribution in [0.15, 0.2) is 35.5 Å². The second-order valence-corrected chi connectivity index (χ2v) is 10.2. The van der Waals surface area contributed by atoms with E-state index < -0.39 is 0 Å². The van der Waals surface area contributed by atoms with Crippen LogP contribution in [0.4, 0.5) is 0 Å². The van der Waals surface area contributed by atoms with Crippen LogP contribution in [0.5, 0.6) is 0 Å². The van der Waals surface area contributed by atoms with Crippen LogP contribution < -0.4 is 0 Å². The van der Waals surface area contributed by atoms with Crippen LogP contribution in [0, 0.1) is 19.8 Å². The number of carbonyl (C=O) groups is 2. The predicted molar refractivity (Wildman–Crippen MR) is 137 cm³/mol. The lowest BCUT2D eigenvalue weighted by Crippen LogP contribution is -2.43. The minimum atomic E-state index is 0.00790. The summed E-state index contributed by atoms with van der Waals surface area (Å²) in [6.07, 6.45) is 3.53. The molecule has 0 unspecified atom stereocenters. The second-order valence-electron chi connectivity index (χ2n) is 9.27. The summed E-state index contributed by atoms with van der Waals surface area (Å²) in [4.78, 5) is 38.8. The van der Waals surface area contributed by atoms with E-state index in [9.17, 15) is 9.59 Å². The number of amides is 2. The summed E-state index contributed by atoms with van der Waals surface area (Å²) in [7, 11) is 1.89. The van der Waals surface area contributed by atoms with E-state index in [2.05, 4.69) is 22.0 Å². The maximum absolute atomic E-state index is 13.4. The molecule has 3 aromatic rings. The van der Waals surface area contributed by atoms with E-state index in [-0.39, 0.29) is 17.7 Å². The lowest BCUT2D eigenvalue weighted by atomic mass is 9.94. The average Bonchev–Trinajstić information content (AvgIpc) is 3.28. The Hall–Kier alpha value is -2.94. The molecule has 0 radical (unpaired) electrons. The fourth-order valence-electron chi connectivity index (χ4n) is 4.52. The molecule has 1 aliphatic rings. The molecule has 8 nitrogen and oxygen atoms in total. The SMILES string of the molecule is CCCCN(C)C(=O)C1CCN(C(=O)c2ccccc2CSc2nc3nc(C)cc(C)n3n2)CC1. The summed E-state index contributed by atoms with van der Waals surface area (Å²) in [6, 6.07) is 9.71. The molecule has 0 spiro atoms. The van der Waals surface area contributed by atoms with Gasteiger partial charge in [-0.05, 0) is 50.8 Å². The largest absolute Gasteiger partial charge is 0.346 e. The van der Waals surface area contributed by atoms with Crippen LogP contribution in [0.3, 0.4) is 0 Å². The highest BCUT2D eigenvalue weighted by atomic mass is 32.2. The number of likely N-dealkylation sites (tertiary alicyclic amines) is 1. The van der Waals surface area contributed by atoms with Gasteiger partial charge in [0.2, 0.25) is 11.1 Å². The molecule has 0 saturated carbocycles. The van der Waals surface area contributed by atoms with Gasteiger partial charge in [0.1, 0.15) is 0 Å². The number of rotatable bonds is 8. The summed E-state index contributed by atoms with van der Waals surface area (Å²) >= 11 is 1.50. The Morgan fingerprint density at radius 3 is 2.63 bits per heavy atom. The van der Waals surface area contributed by atoms with Crippen molar-refractivity contribution in [3.05, 3.63) is 52.8 Å². The molecule has 1 fully saturated rings. The van der Waals surface area contributed by atoms with E-state index >= 15 is 0 Å². The topological polar surface area (TPSA) is 83.7 Å². The third kappa shape index (κ3) is 5.83. The van der Waals surface area contributed by atoms with Gasteiger partial charge in [-0.1, -0.05) is 43.3 Å².